The van der Waals surface area contributed by atoms with E-state index in [-0.39, 0.29) is 11.7 Å². The van der Waals surface area contributed by atoms with Crippen molar-refractivity contribution in [2.75, 3.05) is 12.3 Å². The largest absolute Gasteiger partial charge is 0.340 e. The number of imidazole rings is 1. The lowest BCUT2D eigenvalue weighted by Crippen LogP contribution is -2.44. The summed E-state index contributed by atoms with van der Waals surface area (Å²) in [5.41, 5.74) is 2.82. The smallest absolute Gasteiger partial charge is 0.240 e. The fourth-order valence-corrected chi connectivity index (χ4v) is 3.83. The lowest BCUT2D eigenvalue weighted by Gasteiger charge is -2.28. The number of sulfone groups is 1. The maximum absolute atomic E-state index is 12.5. The van der Waals surface area contributed by atoms with Crippen LogP contribution in [0.15, 0.2) is 30.3 Å². The van der Waals surface area contributed by atoms with Gasteiger partial charge in [0.2, 0.25) is 5.91 Å². The van der Waals surface area contributed by atoms with E-state index in [0.29, 0.717) is 19.5 Å². The number of amides is 1. The number of nitrogens with zero attached hydrogens (tertiary/aromatic N) is 2. The molecule has 6 nitrogen and oxygen atoms in total. The molecule has 0 spiro atoms. The normalized spacial score (nSPS) is 15.8. The molecule has 1 unspecified atom stereocenters. The van der Waals surface area contributed by atoms with E-state index in [2.05, 4.69) is 9.97 Å². The Morgan fingerprint density at radius 2 is 2.04 bits per heavy atom. The number of benzene rings is 1. The van der Waals surface area contributed by atoms with Crippen molar-refractivity contribution in [2.45, 2.75) is 32.1 Å². The lowest BCUT2D eigenvalue weighted by atomic mass is 10.1. The summed E-state index contributed by atoms with van der Waals surface area (Å²) in [6, 6.07) is 9.79. The molecule has 7 heteroatoms. The molecule has 0 fully saturated rings. The number of aromatic amines is 1. The highest BCUT2D eigenvalue weighted by atomic mass is 32.2. The van der Waals surface area contributed by atoms with E-state index in [9.17, 15) is 13.2 Å². The monoisotopic (exact) mass is 347 g/mol. The summed E-state index contributed by atoms with van der Waals surface area (Å²) in [6.45, 7) is 3.90. The third kappa shape index (κ3) is 3.08. The van der Waals surface area contributed by atoms with Gasteiger partial charge in [0.15, 0.2) is 9.84 Å². The first-order valence-corrected chi connectivity index (χ1v) is 9.77. The van der Waals surface area contributed by atoms with Crippen molar-refractivity contribution in [1.29, 1.82) is 0 Å². The van der Waals surface area contributed by atoms with Crippen LogP contribution in [0.3, 0.4) is 0 Å². The Kier molecular flexibility index (Phi) is 4.45. The molecular weight excluding hydrogens is 326 g/mol. The number of hydrogen-bond acceptors (Lipinski definition) is 4. The summed E-state index contributed by atoms with van der Waals surface area (Å²) in [5.74, 6) is 0.420. The number of H-pyrrole nitrogens is 1. The van der Waals surface area contributed by atoms with Gasteiger partial charge < -0.3 is 9.88 Å². The Hall–Kier alpha value is -2.15. The number of carbonyl (C=O) groups excluding carboxylic acids is 1. The van der Waals surface area contributed by atoms with Crippen molar-refractivity contribution in [2.24, 2.45) is 0 Å². The molecule has 0 saturated heterocycles. The van der Waals surface area contributed by atoms with Gasteiger partial charge in [-0.3, -0.25) is 4.79 Å². The number of carbonyl (C=O) groups is 1. The van der Waals surface area contributed by atoms with E-state index in [1.165, 1.54) is 6.92 Å². The maximum atomic E-state index is 12.5. The van der Waals surface area contributed by atoms with Crippen LogP contribution in [0.4, 0.5) is 0 Å². The van der Waals surface area contributed by atoms with Gasteiger partial charge >= 0.3 is 0 Å². The summed E-state index contributed by atoms with van der Waals surface area (Å²) >= 11 is 0. The van der Waals surface area contributed by atoms with Crippen molar-refractivity contribution in [3.05, 3.63) is 41.7 Å². The molecule has 3 rings (SSSR count). The van der Waals surface area contributed by atoms with E-state index in [0.717, 1.165) is 22.8 Å². The van der Waals surface area contributed by atoms with Crippen molar-refractivity contribution >= 4 is 15.7 Å². The van der Waals surface area contributed by atoms with Crippen molar-refractivity contribution < 1.29 is 13.2 Å². The molecule has 2 aromatic rings. The Labute approximate surface area is 141 Å². The Bertz CT molecular complexity index is 843. The van der Waals surface area contributed by atoms with Gasteiger partial charge in [0.05, 0.1) is 17.9 Å². The summed E-state index contributed by atoms with van der Waals surface area (Å²) in [7, 11) is -3.38. The highest BCUT2D eigenvalue weighted by Crippen LogP contribution is 2.23. The molecule has 0 radical (unpaired) electrons. The minimum Gasteiger partial charge on any atom is -0.340 e. The minimum atomic E-state index is -3.38. The van der Waals surface area contributed by atoms with E-state index < -0.39 is 15.1 Å². The van der Waals surface area contributed by atoms with Crippen LogP contribution in [0.5, 0.6) is 0 Å². The second-order valence-corrected chi connectivity index (χ2v) is 8.59. The van der Waals surface area contributed by atoms with Crippen LogP contribution in [0.2, 0.25) is 0 Å². The second kappa shape index (κ2) is 6.39. The number of nitrogens with one attached hydrogen (secondary N) is 1. The van der Waals surface area contributed by atoms with Gasteiger partial charge in [-0.15, -0.1) is 0 Å². The molecule has 0 bridgehead atoms. The van der Waals surface area contributed by atoms with Crippen LogP contribution >= 0.6 is 0 Å². The van der Waals surface area contributed by atoms with Crippen molar-refractivity contribution in [3.63, 3.8) is 0 Å². The van der Waals surface area contributed by atoms with Gasteiger partial charge in [-0.1, -0.05) is 37.3 Å². The van der Waals surface area contributed by atoms with Crippen LogP contribution in [0, 0.1) is 0 Å². The maximum Gasteiger partial charge on any atom is 0.240 e. The number of fused-ring (bicyclic) bond motifs is 1. The first kappa shape index (κ1) is 16.7. The zero-order valence-electron chi connectivity index (χ0n) is 13.8. The molecule has 1 aromatic carbocycles. The van der Waals surface area contributed by atoms with Gasteiger partial charge in [0.25, 0.3) is 0 Å². The molecule has 0 aliphatic carbocycles. The first-order chi connectivity index (χ1) is 11.4. The third-order valence-corrected chi connectivity index (χ3v) is 6.56. The SMILES string of the molecule is CCS(=O)(=O)C(C)C(=O)N1CCc2nc(-c3ccccc3)[nH]c2C1. The molecule has 1 N–H and O–H groups in total. The van der Waals surface area contributed by atoms with Crippen molar-refractivity contribution in [3.8, 4) is 11.4 Å². The molecule has 128 valence electrons. The van der Waals surface area contributed by atoms with Crippen LogP contribution in [0.1, 0.15) is 25.2 Å². The molecular formula is C17H21N3O3S. The van der Waals surface area contributed by atoms with Gasteiger partial charge in [-0.05, 0) is 6.92 Å². The third-order valence-electron chi connectivity index (χ3n) is 4.48. The van der Waals surface area contributed by atoms with Crippen LogP contribution < -0.4 is 0 Å². The lowest BCUT2D eigenvalue weighted by molar-refractivity contribution is -0.131. The Balaban J connectivity index is 1.80. The topological polar surface area (TPSA) is 83.1 Å². The number of hydrogen-bond donors (Lipinski definition) is 1. The van der Waals surface area contributed by atoms with E-state index in [1.807, 2.05) is 30.3 Å². The average Bonchev–Trinajstić information content (AvgIpc) is 3.04. The van der Waals surface area contributed by atoms with Gasteiger partial charge in [-0.25, -0.2) is 13.4 Å². The fourth-order valence-electron chi connectivity index (χ4n) is 2.88. The summed E-state index contributed by atoms with van der Waals surface area (Å²) < 4.78 is 23.9. The molecule has 0 saturated carbocycles. The zero-order chi connectivity index (χ0) is 17.3. The van der Waals surface area contributed by atoms with Gasteiger partial charge in [0, 0.05) is 24.3 Å². The number of rotatable bonds is 4. The van der Waals surface area contributed by atoms with Gasteiger partial charge in [0.1, 0.15) is 11.1 Å². The molecule has 2 heterocycles. The molecule has 1 amide bonds. The number of aromatic nitrogens is 2. The zero-order valence-corrected chi connectivity index (χ0v) is 14.6. The predicted octanol–water partition coefficient (Wildman–Crippen LogP) is 1.78. The summed E-state index contributed by atoms with van der Waals surface area (Å²) in [4.78, 5) is 22.0. The van der Waals surface area contributed by atoms with Crippen molar-refractivity contribution in [1.82, 2.24) is 14.9 Å². The molecule has 1 aliphatic heterocycles. The van der Waals surface area contributed by atoms with E-state index >= 15 is 0 Å². The predicted molar refractivity (Wildman–Crippen MR) is 92.1 cm³/mol. The van der Waals surface area contributed by atoms with Gasteiger partial charge in [-0.2, -0.15) is 0 Å². The fraction of sp³-hybridized carbons (Fsp3) is 0.412. The summed E-state index contributed by atoms with van der Waals surface area (Å²) in [5, 5.41) is -0.999. The van der Waals surface area contributed by atoms with E-state index in [4.69, 9.17) is 0 Å². The first-order valence-electron chi connectivity index (χ1n) is 8.06. The average molecular weight is 347 g/mol. The molecule has 1 aliphatic rings. The molecule has 1 aromatic heterocycles. The standard InChI is InChI=1S/C17H21N3O3S/c1-3-24(22,23)12(2)17(21)20-10-9-14-15(11-20)19-16(18-14)13-7-5-4-6-8-13/h4-8,12H,3,9-11H2,1-2H3,(H,18,19). The quantitative estimate of drug-likeness (QED) is 0.914. The molecule has 24 heavy (non-hydrogen) atoms. The summed E-state index contributed by atoms with van der Waals surface area (Å²) in [6.07, 6.45) is 0.628. The highest BCUT2D eigenvalue weighted by molar-refractivity contribution is 7.92. The second-order valence-electron chi connectivity index (χ2n) is 5.98. The Morgan fingerprint density at radius 1 is 1.33 bits per heavy atom. The highest BCUT2D eigenvalue weighted by Gasteiger charge is 2.32. The van der Waals surface area contributed by atoms with Crippen LogP contribution in [0.25, 0.3) is 11.4 Å². The molecule has 1 atom stereocenters. The Morgan fingerprint density at radius 3 is 2.71 bits per heavy atom. The van der Waals surface area contributed by atoms with E-state index in [1.54, 1.807) is 11.8 Å². The minimum absolute atomic E-state index is 0.0266. The van der Waals surface area contributed by atoms with Crippen LogP contribution in [-0.2, 0) is 27.6 Å². The van der Waals surface area contributed by atoms with Crippen LogP contribution in [-0.4, -0.2) is 46.7 Å².